The monoisotopic (exact) mass is 251 g/mol. The number of ketones is 1. The topological polar surface area (TPSA) is 43.1 Å². The van der Waals surface area contributed by atoms with Crippen LogP contribution in [0.3, 0.4) is 0 Å². The number of nitrogen functional groups attached to an aromatic ring is 1. The molecule has 0 spiro atoms. The highest BCUT2D eigenvalue weighted by molar-refractivity contribution is 7.14. The van der Waals surface area contributed by atoms with Gasteiger partial charge >= 0.3 is 0 Å². The van der Waals surface area contributed by atoms with Gasteiger partial charge in [0.05, 0.1) is 10.6 Å². The largest absolute Gasteiger partial charge is 0.390 e. The van der Waals surface area contributed by atoms with Gasteiger partial charge < -0.3 is 5.73 Å². The average Bonchev–Trinajstić information content (AvgIpc) is 2.71. The van der Waals surface area contributed by atoms with Gasteiger partial charge in [-0.1, -0.05) is 33.1 Å². The quantitative estimate of drug-likeness (QED) is 0.817. The summed E-state index contributed by atoms with van der Waals surface area (Å²) in [7, 11) is 0. The predicted octanol–water partition coefficient (Wildman–Crippen LogP) is 4.22. The van der Waals surface area contributed by atoms with E-state index in [1.54, 1.807) is 0 Å². The molecule has 0 atom stereocenters. The van der Waals surface area contributed by atoms with E-state index in [1.165, 1.54) is 49.0 Å². The first-order valence-electron chi connectivity index (χ1n) is 6.52. The van der Waals surface area contributed by atoms with E-state index in [9.17, 15) is 4.79 Å². The first-order chi connectivity index (χ1) is 8.11. The van der Waals surface area contributed by atoms with Crippen molar-refractivity contribution in [3.8, 4) is 0 Å². The molecule has 0 bridgehead atoms. The molecule has 2 rings (SSSR count). The third kappa shape index (κ3) is 2.54. The van der Waals surface area contributed by atoms with Gasteiger partial charge in [0.2, 0.25) is 0 Å². The number of carbonyl (C=O) groups is 1. The van der Waals surface area contributed by atoms with Crippen LogP contribution >= 0.6 is 11.3 Å². The van der Waals surface area contributed by atoms with Crippen molar-refractivity contribution in [3.63, 3.8) is 0 Å². The normalized spacial score (nSPS) is 17.6. The minimum absolute atomic E-state index is 0.0363. The van der Waals surface area contributed by atoms with Crippen LogP contribution in [0.1, 0.15) is 67.8 Å². The summed E-state index contributed by atoms with van der Waals surface area (Å²) in [6.45, 7) is 3.90. The number of nitrogens with two attached hydrogens (primary N) is 1. The Labute approximate surface area is 107 Å². The number of hydrogen-bond acceptors (Lipinski definition) is 3. The van der Waals surface area contributed by atoms with E-state index >= 15 is 0 Å². The van der Waals surface area contributed by atoms with E-state index in [1.807, 2.05) is 13.8 Å². The molecule has 1 aromatic heterocycles. The zero-order chi connectivity index (χ0) is 12.4. The molecule has 0 saturated heterocycles. The Bertz CT molecular complexity index is 402. The van der Waals surface area contributed by atoms with Crippen LogP contribution in [0.25, 0.3) is 0 Å². The van der Waals surface area contributed by atoms with Gasteiger partial charge in [-0.2, -0.15) is 0 Å². The zero-order valence-corrected chi connectivity index (χ0v) is 11.5. The fourth-order valence-corrected chi connectivity index (χ4v) is 3.55. The van der Waals surface area contributed by atoms with Crippen molar-refractivity contribution in [1.82, 2.24) is 0 Å². The highest BCUT2D eigenvalue weighted by Gasteiger charge is 2.25. The first-order valence-corrected chi connectivity index (χ1v) is 7.40. The maximum absolute atomic E-state index is 12.2. The summed E-state index contributed by atoms with van der Waals surface area (Å²) in [5.41, 5.74) is 8.04. The predicted molar refractivity (Wildman–Crippen MR) is 73.7 cm³/mol. The van der Waals surface area contributed by atoms with Crippen LogP contribution in [-0.4, -0.2) is 5.78 Å². The summed E-state index contributed by atoms with van der Waals surface area (Å²) < 4.78 is 0. The number of anilines is 1. The van der Waals surface area contributed by atoms with Gasteiger partial charge in [-0.05, 0) is 29.7 Å². The Balaban J connectivity index is 2.31. The number of hydrogen-bond donors (Lipinski definition) is 1. The Morgan fingerprint density at radius 1 is 1.35 bits per heavy atom. The molecule has 1 saturated carbocycles. The lowest BCUT2D eigenvalue weighted by molar-refractivity contribution is 0.0939. The van der Waals surface area contributed by atoms with Gasteiger partial charge in [-0.15, -0.1) is 11.3 Å². The molecular formula is C14H21NOS. The molecule has 2 N–H and O–H groups in total. The van der Waals surface area contributed by atoms with Gasteiger partial charge in [0.15, 0.2) is 5.78 Å². The minimum Gasteiger partial charge on any atom is -0.390 e. The van der Waals surface area contributed by atoms with Gasteiger partial charge in [-0.25, -0.2) is 0 Å². The molecule has 1 aromatic rings. The Hall–Kier alpha value is -0.830. The maximum Gasteiger partial charge on any atom is 0.168 e. The standard InChI is InChI=1S/C14H21NOS/c1-9(2)13(16)12-11(8-17-14(12)15)10-6-4-3-5-7-10/h8-10H,3-7,15H2,1-2H3. The van der Waals surface area contributed by atoms with Crippen molar-refractivity contribution in [1.29, 1.82) is 0 Å². The van der Waals surface area contributed by atoms with Crippen LogP contribution in [0.5, 0.6) is 0 Å². The van der Waals surface area contributed by atoms with E-state index < -0.39 is 0 Å². The molecular weight excluding hydrogens is 230 g/mol. The molecule has 0 amide bonds. The van der Waals surface area contributed by atoms with Gasteiger partial charge in [0.1, 0.15) is 0 Å². The summed E-state index contributed by atoms with van der Waals surface area (Å²) in [4.78, 5) is 12.2. The third-order valence-electron chi connectivity index (χ3n) is 3.66. The van der Waals surface area contributed by atoms with Gasteiger partial charge in [0.25, 0.3) is 0 Å². The van der Waals surface area contributed by atoms with Crippen LogP contribution in [0.4, 0.5) is 5.00 Å². The van der Waals surface area contributed by atoms with Crippen LogP contribution in [0.15, 0.2) is 5.38 Å². The fraction of sp³-hybridized carbons (Fsp3) is 0.643. The summed E-state index contributed by atoms with van der Waals surface area (Å²) in [5.74, 6) is 0.813. The first kappa shape index (κ1) is 12.6. The molecule has 0 radical (unpaired) electrons. The lowest BCUT2D eigenvalue weighted by atomic mass is 9.82. The summed E-state index contributed by atoms with van der Waals surface area (Å²) >= 11 is 1.53. The van der Waals surface area contributed by atoms with E-state index in [2.05, 4.69) is 5.38 Å². The van der Waals surface area contributed by atoms with Crippen molar-refractivity contribution >= 4 is 22.1 Å². The van der Waals surface area contributed by atoms with Crippen LogP contribution in [0.2, 0.25) is 0 Å². The van der Waals surface area contributed by atoms with Crippen LogP contribution < -0.4 is 5.73 Å². The van der Waals surface area contributed by atoms with E-state index in [4.69, 9.17) is 5.73 Å². The Morgan fingerprint density at radius 2 is 2.00 bits per heavy atom. The summed E-state index contributed by atoms with van der Waals surface area (Å²) in [6, 6.07) is 0. The molecule has 0 aliphatic heterocycles. The van der Waals surface area contributed by atoms with Crippen molar-refractivity contribution in [2.45, 2.75) is 51.9 Å². The summed E-state index contributed by atoms with van der Waals surface area (Å²) in [6.07, 6.45) is 6.35. The molecule has 1 aliphatic rings. The lowest BCUT2D eigenvalue weighted by Crippen LogP contribution is -2.14. The number of rotatable bonds is 3. The second kappa shape index (κ2) is 5.21. The van der Waals surface area contributed by atoms with E-state index in [0.29, 0.717) is 10.9 Å². The summed E-state index contributed by atoms with van der Waals surface area (Å²) in [5, 5.41) is 2.82. The molecule has 1 fully saturated rings. The minimum atomic E-state index is 0.0363. The van der Waals surface area contributed by atoms with Gasteiger partial charge in [0, 0.05) is 5.92 Å². The third-order valence-corrected chi connectivity index (χ3v) is 4.49. The maximum atomic E-state index is 12.2. The fourth-order valence-electron chi connectivity index (χ4n) is 2.65. The molecule has 2 nitrogen and oxygen atoms in total. The number of thiophene rings is 1. The molecule has 94 valence electrons. The Kier molecular flexibility index (Phi) is 3.87. The average molecular weight is 251 g/mol. The van der Waals surface area contributed by atoms with Crippen molar-refractivity contribution in [2.75, 3.05) is 5.73 Å². The second-order valence-electron chi connectivity index (χ2n) is 5.28. The Morgan fingerprint density at radius 3 is 2.59 bits per heavy atom. The smallest absolute Gasteiger partial charge is 0.168 e. The molecule has 0 aromatic carbocycles. The van der Waals surface area contributed by atoms with Crippen molar-refractivity contribution < 1.29 is 4.79 Å². The number of carbonyl (C=O) groups excluding carboxylic acids is 1. The van der Waals surface area contributed by atoms with E-state index in [0.717, 1.165) is 5.56 Å². The van der Waals surface area contributed by atoms with Crippen molar-refractivity contribution in [3.05, 3.63) is 16.5 Å². The second-order valence-corrected chi connectivity index (χ2v) is 6.20. The zero-order valence-electron chi connectivity index (χ0n) is 10.7. The van der Waals surface area contributed by atoms with Crippen LogP contribution in [-0.2, 0) is 0 Å². The highest BCUT2D eigenvalue weighted by Crippen LogP contribution is 2.39. The lowest BCUT2D eigenvalue weighted by Gasteiger charge is -2.22. The molecule has 1 aliphatic carbocycles. The SMILES string of the molecule is CC(C)C(=O)c1c(C2CCCCC2)csc1N. The number of Topliss-reactive ketones (excluding diaryl/α,β-unsaturated/α-hetero) is 1. The molecule has 3 heteroatoms. The van der Waals surface area contributed by atoms with Crippen molar-refractivity contribution in [2.24, 2.45) is 5.92 Å². The van der Waals surface area contributed by atoms with E-state index in [-0.39, 0.29) is 11.7 Å². The molecule has 17 heavy (non-hydrogen) atoms. The molecule has 1 heterocycles. The van der Waals surface area contributed by atoms with Gasteiger partial charge in [-0.3, -0.25) is 4.79 Å². The van der Waals surface area contributed by atoms with Crippen LogP contribution in [0, 0.1) is 5.92 Å². The highest BCUT2D eigenvalue weighted by atomic mass is 32.1. The molecule has 0 unspecified atom stereocenters.